The summed E-state index contributed by atoms with van der Waals surface area (Å²) < 4.78 is 45.8. The fraction of sp³-hybridized carbons (Fsp3) is 0.211. The number of hydrogen-bond donors (Lipinski definition) is 1. The van der Waals surface area contributed by atoms with Gasteiger partial charge in [-0.25, -0.2) is 0 Å². The van der Waals surface area contributed by atoms with Gasteiger partial charge in [0, 0.05) is 19.3 Å². The molecule has 0 aliphatic carbocycles. The van der Waals surface area contributed by atoms with Crippen molar-refractivity contribution in [2.75, 3.05) is 19.0 Å². The number of hydrogen-bond acceptors (Lipinski definition) is 3. The van der Waals surface area contributed by atoms with Crippen LogP contribution in [0.5, 0.6) is 11.5 Å². The Morgan fingerprint density at radius 2 is 1.70 bits per heavy atom. The zero-order chi connectivity index (χ0) is 19.9. The van der Waals surface area contributed by atoms with Gasteiger partial charge < -0.3 is 19.7 Å². The summed E-state index contributed by atoms with van der Waals surface area (Å²) >= 11 is 5.33. The van der Waals surface area contributed by atoms with Gasteiger partial charge >= 0.3 is 6.36 Å². The maximum Gasteiger partial charge on any atom is 0.573 e. The van der Waals surface area contributed by atoms with Gasteiger partial charge in [0.05, 0.1) is 0 Å². The SMILES string of the molecule is C=CCOc1ccc(CN(C)C(=S)Nc2ccc(OC(F)(F)F)cc2)cc1. The van der Waals surface area contributed by atoms with Crippen LogP contribution in [0.15, 0.2) is 61.2 Å². The third-order valence-electron chi connectivity index (χ3n) is 3.40. The van der Waals surface area contributed by atoms with Crippen LogP contribution in [0.25, 0.3) is 0 Å². The number of ether oxygens (including phenoxy) is 2. The van der Waals surface area contributed by atoms with E-state index in [-0.39, 0.29) is 5.75 Å². The standard InChI is InChI=1S/C19H19F3N2O2S/c1-3-12-25-16-8-4-14(5-9-16)13-24(2)18(27)23-15-6-10-17(11-7-15)26-19(20,21)22/h3-11H,1,12-13H2,2H3,(H,23,27). The van der Waals surface area contributed by atoms with E-state index in [0.717, 1.165) is 11.3 Å². The number of nitrogens with zero attached hydrogens (tertiary/aromatic N) is 1. The minimum absolute atomic E-state index is 0.286. The summed E-state index contributed by atoms with van der Waals surface area (Å²) in [5.74, 6) is 0.467. The molecule has 0 unspecified atom stereocenters. The van der Waals surface area contributed by atoms with Crippen LogP contribution in [-0.4, -0.2) is 30.0 Å². The van der Waals surface area contributed by atoms with Crippen LogP contribution in [0.4, 0.5) is 18.9 Å². The number of benzene rings is 2. The summed E-state index contributed by atoms with van der Waals surface area (Å²) in [7, 11) is 1.82. The van der Waals surface area contributed by atoms with Crippen molar-refractivity contribution >= 4 is 23.0 Å². The molecule has 0 bridgehead atoms. The van der Waals surface area contributed by atoms with E-state index >= 15 is 0 Å². The predicted molar refractivity (Wildman–Crippen MR) is 103 cm³/mol. The van der Waals surface area contributed by atoms with Gasteiger partial charge in [-0.2, -0.15) is 0 Å². The Kier molecular flexibility index (Phi) is 7.06. The smallest absolute Gasteiger partial charge is 0.490 e. The summed E-state index contributed by atoms with van der Waals surface area (Å²) in [6.45, 7) is 4.60. The molecule has 0 heterocycles. The average molecular weight is 396 g/mol. The van der Waals surface area contributed by atoms with Crippen molar-refractivity contribution in [3.8, 4) is 11.5 Å². The van der Waals surface area contributed by atoms with E-state index in [1.807, 2.05) is 36.2 Å². The van der Waals surface area contributed by atoms with E-state index in [2.05, 4.69) is 16.6 Å². The molecule has 0 amide bonds. The molecule has 8 heteroatoms. The molecule has 1 N–H and O–H groups in total. The molecule has 2 aromatic rings. The summed E-state index contributed by atoms with van der Waals surface area (Å²) in [5.41, 5.74) is 1.59. The third kappa shape index (κ3) is 7.18. The zero-order valence-electron chi connectivity index (χ0n) is 14.6. The predicted octanol–water partition coefficient (Wildman–Crippen LogP) is 4.98. The highest BCUT2D eigenvalue weighted by molar-refractivity contribution is 7.80. The number of halogens is 3. The molecule has 2 rings (SSSR count). The van der Waals surface area contributed by atoms with Gasteiger partial charge in [-0.3, -0.25) is 0 Å². The normalized spacial score (nSPS) is 10.8. The number of nitrogens with one attached hydrogen (secondary N) is 1. The minimum atomic E-state index is -4.71. The van der Waals surface area contributed by atoms with Gasteiger partial charge in [-0.1, -0.05) is 24.8 Å². The molecule has 144 valence electrons. The fourth-order valence-electron chi connectivity index (χ4n) is 2.15. The Balaban J connectivity index is 1.88. The molecular weight excluding hydrogens is 377 g/mol. The number of alkyl halides is 3. The molecule has 0 spiro atoms. The molecule has 27 heavy (non-hydrogen) atoms. The highest BCUT2D eigenvalue weighted by Gasteiger charge is 2.30. The van der Waals surface area contributed by atoms with Crippen LogP contribution in [-0.2, 0) is 6.54 Å². The van der Waals surface area contributed by atoms with E-state index in [9.17, 15) is 13.2 Å². The summed E-state index contributed by atoms with van der Waals surface area (Å²) in [6.07, 6.45) is -3.04. The van der Waals surface area contributed by atoms with E-state index in [0.29, 0.717) is 24.0 Å². The molecule has 0 aliphatic rings. The van der Waals surface area contributed by atoms with Crippen LogP contribution < -0.4 is 14.8 Å². The zero-order valence-corrected chi connectivity index (χ0v) is 15.4. The number of thiocarbonyl (C=S) groups is 1. The van der Waals surface area contributed by atoms with Gasteiger partial charge in [0.1, 0.15) is 18.1 Å². The van der Waals surface area contributed by atoms with E-state index < -0.39 is 6.36 Å². The molecule has 0 aliphatic heterocycles. The van der Waals surface area contributed by atoms with Crippen molar-refractivity contribution in [2.24, 2.45) is 0 Å². The largest absolute Gasteiger partial charge is 0.573 e. The Hall–Kier alpha value is -2.74. The second kappa shape index (κ2) is 9.27. The van der Waals surface area contributed by atoms with Gasteiger partial charge in [-0.05, 0) is 54.2 Å². The van der Waals surface area contributed by atoms with Crippen LogP contribution in [0, 0.1) is 0 Å². The summed E-state index contributed by atoms with van der Waals surface area (Å²) in [6, 6.07) is 13.0. The van der Waals surface area contributed by atoms with Crippen molar-refractivity contribution < 1.29 is 22.6 Å². The first-order valence-corrected chi connectivity index (χ1v) is 8.38. The fourth-order valence-corrected chi connectivity index (χ4v) is 2.33. The third-order valence-corrected chi connectivity index (χ3v) is 3.81. The molecule has 0 atom stereocenters. The maximum absolute atomic E-state index is 12.2. The van der Waals surface area contributed by atoms with Gasteiger partial charge in [0.25, 0.3) is 0 Å². The van der Waals surface area contributed by atoms with Crippen LogP contribution >= 0.6 is 12.2 Å². The molecule has 0 saturated heterocycles. The Labute approximate surface area is 161 Å². The average Bonchev–Trinajstić information content (AvgIpc) is 2.61. The molecule has 2 aromatic carbocycles. The lowest BCUT2D eigenvalue weighted by Gasteiger charge is -2.21. The molecular formula is C19H19F3N2O2S. The lowest BCUT2D eigenvalue weighted by molar-refractivity contribution is -0.274. The molecule has 0 aromatic heterocycles. The molecule has 4 nitrogen and oxygen atoms in total. The highest BCUT2D eigenvalue weighted by atomic mass is 32.1. The van der Waals surface area contributed by atoms with E-state index in [1.165, 1.54) is 24.3 Å². The highest BCUT2D eigenvalue weighted by Crippen LogP contribution is 2.24. The van der Waals surface area contributed by atoms with E-state index in [4.69, 9.17) is 17.0 Å². The van der Waals surface area contributed by atoms with E-state index in [1.54, 1.807) is 6.08 Å². The second-order valence-electron chi connectivity index (χ2n) is 5.60. The Morgan fingerprint density at radius 1 is 1.11 bits per heavy atom. The van der Waals surface area contributed by atoms with Crippen LogP contribution in [0.2, 0.25) is 0 Å². The van der Waals surface area contributed by atoms with Crippen molar-refractivity contribution in [1.82, 2.24) is 4.90 Å². The van der Waals surface area contributed by atoms with Crippen LogP contribution in [0.1, 0.15) is 5.56 Å². The number of anilines is 1. The maximum atomic E-state index is 12.2. The monoisotopic (exact) mass is 396 g/mol. The van der Waals surface area contributed by atoms with Crippen molar-refractivity contribution in [2.45, 2.75) is 12.9 Å². The van der Waals surface area contributed by atoms with Gasteiger partial charge in [-0.15, -0.1) is 13.2 Å². The first-order chi connectivity index (χ1) is 12.8. The quantitative estimate of drug-likeness (QED) is 0.527. The minimum Gasteiger partial charge on any atom is -0.490 e. The van der Waals surface area contributed by atoms with Crippen molar-refractivity contribution in [1.29, 1.82) is 0 Å². The topological polar surface area (TPSA) is 33.7 Å². The Morgan fingerprint density at radius 3 is 2.26 bits per heavy atom. The Bertz CT molecular complexity index is 762. The molecule has 0 radical (unpaired) electrons. The lowest BCUT2D eigenvalue weighted by atomic mass is 10.2. The summed E-state index contributed by atoms with van der Waals surface area (Å²) in [4.78, 5) is 1.81. The molecule has 0 fully saturated rings. The van der Waals surface area contributed by atoms with Gasteiger partial charge in [0.15, 0.2) is 5.11 Å². The van der Waals surface area contributed by atoms with Crippen LogP contribution in [0.3, 0.4) is 0 Å². The lowest BCUT2D eigenvalue weighted by Crippen LogP contribution is -2.30. The number of rotatable bonds is 7. The second-order valence-corrected chi connectivity index (χ2v) is 5.99. The molecule has 0 saturated carbocycles. The van der Waals surface area contributed by atoms with Crippen molar-refractivity contribution in [3.05, 3.63) is 66.7 Å². The first kappa shape index (κ1) is 20.6. The van der Waals surface area contributed by atoms with Crippen molar-refractivity contribution in [3.63, 3.8) is 0 Å². The first-order valence-electron chi connectivity index (χ1n) is 7.97. The summed E-state index contributed by atoms with van der Waals surface area (Å²) in [5, 5.41) is 3.41. The van der Waals surface area contributed by atoms with Gasteiger partial charge in [0.2, 0.25) is 0 Å².